The Morgan fingerprint density at radius 2 is 1.67 bits per heavy atom. The fourth-order valence-electron chi connectivity index (χ4n) is 2.08. The Hall–Kier alpha value is -1.97. The van der Waals surface area contributed by atoms with Gasteiger partial charge in [0, 0.05) is 24.9 Å². The number of aryl methyl sites for hydroxylation is 1. The largest absolute Gasteiger partial charge is 0.298 e. The molecule has 1 aliphatic heterocycles. The van der Waals surface area contributed by atoms with Gasteiger partial charge in [0.2, 0.25) is 11.8 Å². The number of nitrogens with zero attached hydrogens (tertiary/aromatic N) is 1. The molecule has 94 valence electrons. The Balaban J connectivity index is 1.82. The lowest BCUT2D eigenvalue weighted by atomic mass is 10.1. The van der Waals surface area contributed by atoms with Crippen molar-refractivity contribution in [3.63, 3.8) is 0 Å². The van der Waals surface area contributed by atoms with E-state index in [1.54, 1.807) is 12.1 Å². The lowest BCUT2D eigenvalue weighted by Crippen LogP contribution is -2.30. The molecule has 0 unspecified atom stereocenters. The number of amides is 2. The zero-order valence-electron chi connectivity index (χ0n) is 10.1. The van der Waals surface area contributed by atoms with Gasteiger partial charge in [0.15, 0.2) is 0 Å². The molecule has 0 aliphatic carbocycles. The number of imide groups is 1. The summed E-state index contributed by atoms with van der Waals surface area (Å²) in [5.41, 5.74) is 1.77. The minimum atomic E-state index is -0.0590. The molecule has 0 saturated carbocycles. The van der Waals surface area contributed by atoms with E-state index < -0.39 is 0 Å². The lowest BCUT2D eigenvalue weighted by Gasteiger charge is -2.13. The Kier molecular flexibility index (Phi) is 3.87. The Bertz CT molecular complexity index is 448. The van der Waals surface area contributed by atoms with Gasteiger partial charge in [0.1, 0.15) is 6.29 Å². The van der Waals surface area contributed by atoms with Crippen molar-refractivity contribution in [2.75, 3.05) is 6.54 Å². The van der Waals surface area contributed by atoms with Crippen LogP contribution in [0, 0.1) is 0 Å². The summed E-state index contributed by atoms with van der Waals surface area (Å²) in [4.78, 5) is 34.6. The molecular formula is C14H15NO3. The second kappa shape index (κ2) is 5.58. The number of rotatable bonds is 5. The van der Waals surface area contributed by atoms with E-state index in [9.17, 15) is 14.4 Å². The molecule has 4 heteroatoms. The molecular weight excluding hydrogens is 230 g/mol. The van der Waals surface area contributed by atoms with E-state index in [0.717, 1.165) is 24.7 Å². The predicted molar refractivity (Wildman–Crippen MR) is 66.1 cm³/mol. The summed E-state index contributed by atoms with van der Waals surface area (Å²) in [5, 5.41) is 0. The third kappa shape index (κ3) is 2.83. The molecule has 0 bridgehead atoms. The van der Waals surface area contributed by atoms with Crippen molar-refractivity contribution in [1.29, 1.82) is 0 Å². The molecule has 1 fully saturated rings. The highest BCUT2D eigenvalue weighted by atomic mass is 16.2. The second-order valence-corrected chi connectivity index (χ2v) is 4.40. The first kappa shape index (κ1) is 12.5. The Morgan fingerprint density at radius 3 is 2.22 bits per heavy atom. The maximum atomic E-state index is 11.4. The molecule has 1 aromatic carbocycles. The summed E-state index contributed by atoms with van der Waals surface area (Å²) in [6, 6.07) is 7.34. The first-order valence-electron chi connectivity index (χ1n) is 6.08. The molecule has 1 saturated heterocycles. The molecule has 2 amide bonds. The molecule has 0 radical (unpaired) electrons. The number of carbonyl (C=O) groups is 3. The summed E-state index contributed by atoms with van der Waals surface area (Å²) < 4.78 is 0. The monoisotopic (exact) mass is 245 g/mol. The fraction of sp³-hybridized carbons (Fsp3) is 0.357. The van der Waals surface area contributed by atoms with Gasteiger partial charge < -0.3 is 0 Å². The molecule has 1 heterocycles. The Morgan fingerprint density at radius 1 is 1.06 bits per heavy atom. The zero-order chi connectivity index (χ0) is 13.0. The average molecular weight is 245 g/mol. The van der Waals surface area contributed by atoms with Crippen LogP contribution in [-0.2, 0) is 16.0 Å². The molecule has 1 aliphatic rings. The minimum Gasteiger partial charge on any atom is -0.298 e. The third-order valence-corrected chi connectivity index (χ3v) is 3.12. The average Bonchev–Trinajstić information content (AvgIpc) is 2.71. The highest BCUT2D eigenvalue weighted by Crippen LogP contribution is 2.13. The van der Waals surface area contributed by atoms with Crippen molar-refractivity contribution in [1.82, 2.24) is 4.90 Å². The lowest BCUT2D eigenvalue weighted by molar-refractivity contribution is -0.138. The van der Waals surface area contributed by atoms with Crippen LogP contribution in [0.15, 0.2) is 24.3 Å². The van der Waals surface area contributed by atoms with E-state index in [1.165, 1.54) is 4.90 Å². The van der Waals surface area contributed by atoms with E-state index in [4.69, 9.17) is 0 Å². The van der Waals surface area contributed by atoms with Crippen LogP contribution in [0.5, 0.6) is 0 Å². The number of likely N-dealkylation sites (tertiary alicyclic amines) is 1. The smallest absolute Gasteiger partial charge is 0.229 e. The zero-order valence-corrected chi connectivity index (χ0v) is 10.1. The van der Waals surface area contributed by atoms with E-state index in [1.807, 2.05) is 12.1 Å². The standard InChI is InChI=1S/C14H15NO3/c16-10-12-5-3-11(4-6-12)2-1-9-15-13(17)7-8-14(15)18/h3-6,10H,1-2,7-9H2. The van der Waals surface area contributed by atoms with Crippen LogP contribution in [0.4, 0.5) is 0 Å². The predicted octanol–water partition coefficient (Wildman–Crippen LogP) is 1.58. The van der Waals surface area contributed by atoms with Crippen LogP contribution in [0.3, 0.4) is 0 Å². The summed E-state index contributed by atoms with van der Waals surface area (Å²) in [5.74, 6) is -0.118. The van der Waals surface area contributed by atoms with Crippen molar-refractivity contribution in [2.24, 2.45) is 0 Å². The van der Waals surface area contributed by atoms with Gasteiger partial charge in [-0.2, -0.15) is 0 Å². The van der Waals surface area contributed by atoms with Crippen LogP contribution in [0.2, 0.25) is 0 Å². The van der Waals surface area contributed by atoms with Crippen LogP contribution in [0.1, 0.15) is 35.2 Å². The first-order valence-corrected chi connectivity index (χ1v) is 6.08. The topological polar surface area (TPSA) is 54.5 Å². The quantitative estimate of drug-likeness (QED) is 0.584. The van der Waals surface area contributed by atoms with Crippen LogP contribution < -0.4 is 0 Å². The van der Waals surface area contributed by atoms with Crippen LogP contribution in [-0.4, -0.2) is 29.5 Å². The minimum absolute atomic E-state index is 0.0590. The van der Waals surface area contributed by atoms with E-state index in [0.29, 0.717) is 24.9 Å². The van der Waals surface area contributed by atoms with Gasteiger partial charge in [0.25, 0.3) is 0 Å². The van der Waals surface area contributed by atoms with Crippen molar-refractivity contribution >= 4 is 18.1 Å². The van der Waals surface area contributed by atoms with Crippen LogP contribution >= 0.6 is 0 Å². The summed E-state index contributed by atoms with van der Waals surface area (Å²) in [7, 11) is 0. The summed E-state index contributed by atoms with van der Waals surface area (Å²) in [6.45, 7) is 0.493. The van der Waals surface area contributed by atoms with E-state index in [2.05, 4.69) is 0 Å². The van der Waals surface area contributed by atoms with Gasteiger partial charge in [-0.25, -0.2) is 0 Å². The maximum Gasteiger partial charge on any atom is 0.229 e. The van der Waals surface area contributed by atoms with Crippen LogP contribution in [0.25, 0.3) is 0 Å². The van der Waals surface area contributed by atoms with Gasteiger partial charge in [-0.15, -0.1) is 0 Å². The number of aldehydes is 1. The normalized spacial score (nSPS) is 15.2. The van der Waals surface area contributed by atoms with Gasteiger partial charge in [-0.3, -0.25) is 19.3 Å². The van der Waals surface area contributed by atoms with Crippen molar-refractivity contribution in [3.8, 4) is 0 Å². The molecule has 0 spiro atoms. The summed E-state index contributed by atoms with van der Waals surface area (Å²) >= 11 is 0. The fourth-order valence-corrected chi connectivity index (χ4v) is 2.08. The van der Waals surface area contributed by atoms with Crippen molar-refractivity contribution < 1.29 is 14.4 Å². The molecule has 2 rings (SSSR count). The van der Waals surface area contributed by atoms with Gasteiger partial charge in [-0.05, 0) is 18.4 Å². The summed E-state index contributed by atoms with van der Waals surface area (Å²) in [6.07, 6.45) is 3.08. The van der Waals surface area contributed by atoms with E-state index in [-0.39, 0.29) is 11.8 Å². The molecule has 0 N–H and O–H groups in total. The highest BCUT2D eigenvalue weighted by molar-refractivity contribution is 6.01. The van der Waals surface area contributed by atoms with Gasteiger partial charge in [-0.1, -0.05) is 24.3 Å². The number of benzene rings is 1. The van der Waals surface area contributed by atoms with Crippen molar-refractivity contribution in [3.05, 3.63) is 35.4 Å². The SMILES string of the molecule is O=Cc1ccc(CCCN2C(=O)CCC2=O)cc1. The number of hydrogen-bond donors (Lipinski definition) is 0. The van der Waals surface area contributed by atoms with Gasteiger partial charge in [0.05, 0.1) is 0 Å². The Labute approximate surface area is 106 Å². The van der Waals surface area contributed by atoms with E-state index >= 15 is 0 Å². The number of hydrogen-bond acceptors (Lipinski definition) is 3. The third-order valence-electron chi connectivity index (χ3n) is 3.12. The molecule has 4 nitrogen and oxygen atoms in total. The molecule has 1 aromatic rings. The molecule has 0 aromatic heterocycles. The second-order valence-electron chi connectivity index (χ2n) is 4.40. The molecule has 18 heavy (non-hydrogen) atoms. The van der Waals surface area contributed by atoms with Crippen molar-refractivity contribution in [2.45, 2.75) is 25.7 Å². The number of carbonyl (C=O) groups excluding carboxylic acids is 3. The highest BCUT2D eigenvalue weighted by Gasteiger charge is 2.27. The molecule has 0 atom stereocenters. The maximum absolute atomic E-state index is 11.4. The first-order chi connectivity index (χ1) is 8.70. The van der Waals surface area contributed by atoms with Gasteiger partial charge >= 0.3 is 0 Å².